The number of pyridine rings is 1. The molecule has 1 amide bonds. The number of nitrogens with two attached hydrogens (primary N) is 1. The Bertz CT molecular complexity index is 736. The molecule has 5 N–H and O–H groups in total. The van der Waals surface area contributed by atoms with Gasteiger partial charge in [0, 0.05) is 25.4 Å². The van der Waals surface area contributed by atoms with Crippen molar-refractivity contribution >= 4 is 29.0 Å². The van der Waals surface area contributed by atoms with Gasteiger partial charge in [0.25, 0.3) is 5.91 Å². The molecule has 0 spiro atoms. The maximum absolute atomic E-state index is 12.8. The summed E-state index contributed by atoms with van der Waals surface area (Å²) in [6.45, 7) is 3.07. The number of rotatable bonds is 6. The Morgan fingerprint density at radius 2 is 2.12 bits per heavy atom. The normalized spacial score (nSPS) is 10.5. The summed E-state index contributed by atoms with van der Waals surface area (Å²) in [5.41, 5.74) is 6.59. The van der Waals surface area contributed by atoms with Crippen molar-refractivity contribution in [1.82, 2.24) is 20.3 Å². The predicted molar refractivity (Wildman–Crippen MR) is 90.9 cm³/mol. The number of carbonyl (C=O) groups is 1. The Kier molecular flexibility index (Phi) is 5.46. The van der Waals surface area contributed by atoms with Crippen molar-refractivity contribution in [2.75, 3.05) is 23.4 Å². The first-order valence-corrected chi connectivity index (χ1v) is 7.38. The maximum Gasteiger partial charge on any atom is 0.256 e. The number of amides is 1. The van der Waals surface area contributed by atoms with E-state index in [1.54, 1.807) is 12.3 Å². The van der Waals surface area contributed by atoms with Crippen LogP contribution in [-0.4, -0.2) is 33.9 Å². The molecule has 8 nitrogen and oxygen atoms in total. The Morgan fingerprint density at radius 1 is 1.38 bits per heavy atom. The quantitative estimate of drug-likeness (QED) is 0.637. The SMILES string of the molecule is CNC(=O)c1c(NC(C)C)ccnc1Nc1cc(N)nc(CF)n1. The summed E-state index contributed by atoms with van der Waals surface area (Å²) >= 11 is 0. The van der Waals surface area contributed by atoms with Gasteiger partial charge in [-0.2, -0.15) is 0 Å². The van der Waals surface area contributed by atoms with E-state index in [0.29, 0.717) is 11.3 Å². The molecular formula is C15H20FN7O. The van der Waals surface area contributed by atoms with Gasteiger partial charge in [-0.1, -0.05) is 0 Å². The second kappa shape index (κ2) is 7.53. The van der Waals surface area contributed by atoms with E-state index < -0.39 is 6.67 Å². The summed E-state index contributed by atoms with van der Waals surface area (Å²) in [5.74, 6) is 0.299. The lowest BCUT2D eigenvalue weighted by molar-refractivity contribution is 0.0964. The number of carbonyl (C=O) groups excluding carboxylic acids is 1. The molecule has 0 aliphatic heterocycles. The highest BCUT2D eigenvalue weighted by atomic mass is 19.1. The average Bonchev–Trinajstić information content (AvgIpc) is 2.53. The minimum absolute atomic E-state index is 0.0459. The van der Waals surface area contributed by atoms with Crippen LogP contribution in [0.15, 0.2) is 18.3 Å². The number of nitrogen functional groups attached to an aromatic ring is 1. The lowest BCUT2D eigenvalue weighted by atomic mass is 10.1. The molecule has 2 heterocycles. The fourth-order valence-corrected chi connectivity index (χ4v) is 2.11. The van der Waals surface area contributed by atoms with Crippen LogP contribution in [0.1, 0.15) is 30.0 Å². The molecule has 0 aromatic carbocycles. The maximum atomic E-state index is 12.8. The van der Waals surface area contributed by atoms with Gasteiger partial charge >= 0.3 is 0 Å². The predicted octanol–water partition coefficient (Wildman–Crippen LogP) is 1.85. The van der Waals surface area contributed by atoms with E-state index >= 15 is 0 Å². The number of anilines is 4. The number of hydrogen-bond acceptors (Lipinski definition) is 7. The highest BCUT2D eigenvalue weighted by Gasteiger charge is 2.18. The van der Waals surface area contributed by atoms with Crippen LogP contribution in [0.2, 0.25) is 0 Å². The summed E-state index contributed by atoms with van der Waals surface area (Å²) in [4.78, 5) is 24.2. The molecule has 2 aromatic rings. The van der Waals surface area contributed by atoms with Crippen molar-refractivity contribution < 1.29 is 9.18 Å². The number of aromatic nitrogens is 3. The number of halogens is 1. The molecule has 0 saturated carbocycles. The zero-order chi connectivity index (χ0) is 17.7. The van der Waals surface area contributed by atoms with Crippen molar-refractivity contribution in [3.05, 3.63) is 29.7 Å². The fourth-order valence-electron chi connectivity index (χ4n) is 2.11. The largest absolute Gasteiger partial charge is 0.384 e. The third-order valence-corrected chi connectivity index (χ3v) is 3.01. The van der Waals surface area contributed by atoms with Gasteiger partial charge in [-0.3, -0.25) is 4.79 Å². The molecule has 0 aliphatic rings. The highest BCUT2D eigenvalue weighted by molar-refractivity contribution is 6.04. The van der Waals surface area contributed by atoms with Crippen molar-refractivity contribution in [2.24, 2.45) is 0 Å². The van der Waals surface area contributed by atoms with Crippen molar-refractivity contribution in [3.63, 3.8) is 0 Å². The molecule has 0 radical (unpaired) electrons. The Labute approximate surface area is 139 Å². The number of nitrogens with zero attached hydrogens (tertiary/aromatic N) is 3. The second-order valence-corrected chi connectivity index (χ2v) is 5.31. The third-order valence-electron chi connectivity index (χ3n) is 3.01. The lowest BCUT2D eigenvalue weighted by Gasteiger charge is -2.17. The average molecular weight is 333 g/mol. The van der Waals surface area contributed by atoms with Crippen molar-refractivity contribution in [1.29, 1.82) is 0 Å². The van der Waals surface area contributed by atoms with Crippen LogP contribution in [0.4, 0.5) is 27.5 Å². The molecule has 0 bridgehead atoms. The molecule has 24 heavy (non-hydrogen) atoms. The summed E-state index contributed by atoms with van der Waals surface area (Å²) in [7, 11) is 1.53. The number of nitrogens with one attached hydrogen (secondary N) is 3. The number of alkyl halides is 1. The Hall–Kier alpha value is -2.97. The van der Waals surface area contributed by atoms with Gasteiger partial charge in [0.2, 0.25) is 0 Å². The van der Waals surface area contributed by atoms with Crippen LogP contribution >= 0.6 is 0 Å². The van der Waals surface area contributed by atoms with E-state index in [-0.39, 0.29) is 35.2 Å². The van der Waals surface area contributed by atoms with E-state index in [9.17, 15) is 9.18 Å². The zero-order valence-electron chi connectivity index (χ0n) is 13.7. The minimum atomic E-state index is -0.843. The zero-order valence-corrected chi connectivity index (χ0v) is 13.7. The molecule has 0 saturated heterocycles. The van der Waals surface area contributed by atoms with Crippen LogP contribution in [0.25, 0.3) is 0 Å². The van der Waals surface area contributed by atoms with Crippen LogP contribution in [0.3, 0.4) is 0 Å². The first-order valence-electron chi connectivity index (χ1n) is 7.38. The van der Waals surface area contributed by atoms with Crippen LogP contribution in [0.5, 0.6) is 0 Å². The summed E-state index contributed by atoms with van der Waals surface area (Å²) in [6.07, 6.45) is 1.56. The number of hydrogen-bond donors (Lipinski definition) is 4. The molecule has 0 aliphatic carbocycles. The standard InChI is InChI=1S/C15H20FN7O/c1-8(2)20-9-4-5-19-14(13(9)15(24)18-3)23-11-6-10(17)21-12(7-16)22-11/h4-6,8H,7H2,1-3H3,(H,18,24)(H4,17,19,20,21,22,23). The Balaban J connectivity index is 2.46. The first-order chi connectivity index (χ1) is 11.4. The van der Waals surface area contributed by atoms with Crippen LogP contribution in [-0.2, 0) is 6.67 Å². The van der Waals surface area contributed by atoms with E-state index in [2.05, 4.69) is 30.9 Å². The van der Waals surface area contributed by atoms with E-state index in [4.69, 9.17) is 5.73 Å². The molecular weight excluding hydrogens is 313 g/mol. The molecule has 2 aromatic heterocycles. The van der Waals surface area contributed by atoms with Crippen LogP contribution < -0.4 is 21.7 Å². The van der Waals surface area contributed by atoms with Gasteiger partial charge in [0.1, 0.15) is 29.7 Å². The summed E-state index contributed by atoms with van der Waals surface area (Å²) in [5, 5.41) is 8.68. The molecule has 9 heteroatoms. The second-order valence-electron chi connectivity index (χ2n) is 5.31. The monoisotopic (exact) mass is 333 g/mol. The van der Waals surface area contributed by atoms with Gasteiger partial charge in [-0.15, -0.1) is 0 Å². The van der Waals surface area contributed by atoms with Gasteiger partial charge in [-0.25, -0.2) is 19.3 Å². The van der Waals surface area contributed by atoms with E-state index in [0.717, 1.165) is 0 Å². The summed E-state index contributed by atoms with van der Waals surface area (Å²) < 4.78 is 12.8. The topological polar surface area (TPSA) is 118 Å². The molecule has 128 valence electrons. The molecule has 0 fully saturated rings. The summed E-state index contributed by atoms with van der Waals surface area (Å²) in [6, 6.07) is 3.27. The smallest absolute Gasteiger partial charge is 0.256 e. The van der Waals surface area contributed by atoms with Gasteiger partial charge < -0.3 is 21.7 Å². The fraction of sp³-hybridized carbons (Fsp3) is 0.333. The molecule has 0 atom stereocenters. The van der Waals surface area contributed by atoms with Gasteiger partial charge in [0.05, 0.1) is 5.69 Å². The lowest BCUT2D eigenvalue weighted by Crippen LogP contribution is -2.23. The van der Waals surface area contributed by atoms with E-state index in [1.807, 2.05) is 13.8 Å². The molecule has 2 rings (SSSR count). The van der Waals surface area contributed by atoms with Crippen LogP contribution in [0, 0.1) is 0 Å². The molecule has 0 unspecified atom stereocenters. The third kappa shape index (κ3) is 4.06. The van der Waals surface area contributed by atoms with Gasteiger partial charge in [-0.05, 0) is 19.9 Å². The van der Waals surface area contributed by atoms with Gasteiger partial charge in [0.15, 0.2) is 5.82 Å². The Morgan fingerprint density at radius 3 is 2.75 bits per heavy atom. The minimum Gasteiger partial charge on any atom is -0.384 e. The van der Waals surface area contributed by atoms with E-state index in [1.165, 1.54) is 13.1 Å². The first kappa shape index (κ1) is 17.4. The highest BCUT2D eigenvalue weighted by Crippen LogP contribution is 2.25. The van der Waals surface area contributed by atoms with Crippen molar-refractivity contribution in [2.45, 2.75) is 26.6 Å². The van der Waals surface area contributed by atoms with Crippen molar-refractivity contribution in [3.8, 4) is 0 Å².